The molecule has 0 aromatic heterocycles. The molecule has 1 heterocycles. The first-order chi connectivity index (χ1) is 13.1. The van der Waals surface area contributed by atoms with Crippen molar-refractivity contribution in [2.24, 2.45) is 0 Å². The van der Waals surface area contributed by atoms with Crippen LogP contribution >= 0.6 is 21.6 Å². The van der Waals surface area contributed by atoms with Gasteiger partial charge in [0, 0.05) is 36.1 Å². The van der Waals surface area contributed by atoms with E-state index in [0.29, 0.717) is 32.4 Å². The van der Waals surface area contributed by atoms with Gasteiger partial charge in [0.05, 0.1) is 12.0 Å². The maximum Gasteiger partial charge on any atom is 0.223 e. The van der Waals surface area contributed by atoms with Crippen LogP contribution in [0.3, 0.4) is 0 Å². The van der Waals surface area contributed by atoms with Gasteiger partial charge in [-0.05, 0) is 53.4 Å². The summed E-state index contributed by atoms with van der Waals surface area (Å²) in [6.45, 7) is 12.4. The number of nitrogens with one attached hydrogen (secondary N) is 2. The minimum atomic E-state index is -0.540. The molecular weight excluding hydrogens is 392 g/mol. The van der Waals surface area contributed by atoms with Crippen LogP contribution in [0.1, 0.15) is 72.6 Å². The van der Waals surface area contributed by atoms with Crippen molar-refractivity contribution in [1.29, 1.82) is 0 Å². The molecule has 0 aliphatic carbocycles. The van der Waals surface area contributed by atoms with Crippen LogP contribution in [0.5, 0.6) is 0 Å². The monoisotopic (exact) mass is 430 g/mol. The molecule has 1 saturated heterocycles. The smallest absolute Gasteiger partial charge is 0.223 e. The fourth-order valence-corrected chi connectivity index (χ4v) is 6.02. The molecule has 0 radical (unpaired) electrons. The molecule has 0 bridgehead atoms. The SMILES string of the molecule is C=CCNC(=O)CC(C)(C)OCCC(C)(C)NC(=O)CCCC[C@@H]1CCSS1. The molecule has 1 fully saturated rings. The predicted molar refractivity (Wildman–Crippen MR) is 122 cm³/mol. The average Bonchev–Trinajstić information content (AvgIpc) is 3.09. The van der Waals surface area contributed by atoms with Gasteiger partial charge in [-0.3, -0.25) is 9.59 Å². The molecule has 1 aliphatic heterocycles. The fraction of sp³-hybridized carbons (Fsp3) is 0.810. The molecule has 0 aromatic carbocycles. The molecule has 2 N–H and O–H groups in total. The molecule has 7 heteroatoms. The third-order valence-electron chi connectivity index (χ3n) is 4.63. The third-order valence-corrected chi connectivity index (χ3v) is 7.64. The molecular formula is C21H38N2O3S2. The highest BCUT2D eigenvalue weighted by atomic mass is 33.1. The van der Waals surface area contributed by atoms with Gasteiger partial charge in [-0.25, -0.2) is 0 Å². The molecule has 2 amide bonds. The number of amides is 2. The summed E-state index contributed by atoms with van der Waals surface area (Å²) in [4.78, 5) is 24.1. The lowest BCUT2D eigenvalue weighted by molar-refractivity contribution is -0.127. The molecule has 0 spiro atoms. The van der Waals surface area contributed by atoms with Crippen LogP contribution in [0, 0.1) is 0 Å². The summed E-state index contributed by atoms with van der Waals surface area (Å²) in [5.74, 6) is 1.33. The summed E-state index contributed by atoms with van der Waals surface area (Å²) >= 11 is 0. The predicted octanol–water partition coefficient (Wildman–Crippen LogP) is 4.47. The van der Waals surface area contributed by atoms with Crippen LogP contribution < -0.4 is 10.6 Å². The van der Waals surface area contributed by atoms with Crippen LogP contribution in [-0.2, 0) is 14.3 Å². The minimum absolute atomic E-state index is 0.0490. The normalized spacial score (nSPS) is 17.4. The van der Waals surface area contributed by atoms with E-state index < -0.39 is 5.60 Å². The second-order valence-corrected chi connectivity index (χ2v) is 11.4. The number of hydrogen-bond donors (Lipinski definition) is 2. The first-order valence-corrected chi connectivity index (χ1v) is 12.6. The summed E-state index contributed by atoms with van der Waals surface area (Å²) < 4.78 is 5.91. The van der Waals surface area contributed by atoms with Crippen molar-refractivity contribution >= 4 is 33.4 Å². The van der Waals surface area contributed by atoms with Gasteiger partial charge in [0.15, 0.2) is 0 Å². The minimum Gasteiger partial charge on any atom is -0.375 e. The van der Waals surface area contributed by atoms with E-state index in [1.807, 2.05) is 49.3 Å². The summed E-state index contributed by atoms with van der Waals surface area (Å²) in [6.07, 6.45) is 7.84. The second kappa shape index (κ2) is 12.8. The molecule has 0 saturated carbocycles. The molecule has 1 rings (SSSR count). The lowest BCUT2D eigenvalue weighted by Gasteiger charge is -2.30. The van der Waals surface area contributed by atoms with Crippen molar-refractivity contribution in [2.75, 3.05) is 18.9 Å². The Morgan fingerprint density at radius 1 is 1.21 bits per heavy atom. The second-order valence-electron chi connectivity index (χ2n) is 8.63. The molecule has 28 heavy (non-hydrogen) atoms. The van der Waals surface area contributed by atoms with Gasteiger partial charge in [-0.1, -0.05) is 34.1 Å². The summed E-state index contributed by atoms with van der Waals surface area (Å²) in [5.41, 5.74) is -0.863. The summed E-state index contributed by atoms with van der Waals surface area (Å²) in [5, 5.41) is 6.67. The van der Waals surface area contributed by atoms with E-state index in [0.717, 1.165) is 18.1 Å². The summed E-state index contributed by atoms with van der Waals surface area (Å²) in [7, 11) is 3.97. The maximum atomic E-state index is 12.2. The van der Waals surface area contributed by atoms with Gasteiger partial charge >= 0.3 is 0 Å². The van der Waals surface area contributed by atoms with E-state index in [1.54, 1.807) is 6.08 Å². The Kier molecular flexibility index (Phi) is 11.6. The van der Waals surface area contributed by atoms with Crippen molar-refractivity contribution < 1.29 is 14.3 Å². The van der Waals surface area contributed by atoms with E-state index in [4.69, 9.17) is 4.74 Å². The third kappa shape index (κ3) is 12.0. The van der Waals surface area contributed by atoms with Crippen molar-refractivity contribution in [2.45, 2.75) is 89.0 Å². The molecule has 1 aliphatic rings. The lowest BCUT2D eigenvalue weighted by atomic mass is 9.99. The zero-order valence-corrected chi connectivity index (χ0v) is 19.6. The van der Waals surface area contributed by atoms with Crippen molar-refractivity contribution in [3.63, 3.8) is 0 Å². The Balaban J connectivity index is 2.19. The van der Waals surface area contributed by atoms with Gasteiger partial charge in [-0.2, -0.15) is 0 Å². The highest BCUT2D eigenvalue weighted by Crippen LogP contribution is 2.39. The Morgan fingerprint density at radius 3 is 2.61 bits per heavy atom. The highest BCUT2D eigenvalue weighted by molar-refractivity contribution is 8.77. The van der Waals surface area contributed by atoms with Gasteiger partial charge in [-0.15, -0.1) is 6.58 Å². The number of carbonyl (C=O) groups excluding carboxylic acids is 2. The van der Waals surface area contributed by atoms with E-state index in [9.17, 15) is 9.59 Å². The zero-order valence-electron chi connectivity index (χ0n) is 18.0. The lowest BCUT2D eigenvalue weighted by Crippen LogP contribution is -2.45. The van der Waals surface area contributed by atoms with Gasteiger partial charge in [0.1, 0.15) is 0 Å². The van der Waals surface area contributed by atoms with Gasteiger partial charge in [0.25, 0.3) is 0 Å². The quantitative estimate of drug-likeness (QED) is 0.242. The van der Waals surface area contributed by atoms with E-state index in [-0.39, 0.29) is 17.4 Å². The van der Waals surface area contributed by atoms with Crippen LogP contribution in [-0.4, -0.2) is 47.1 Å². The first-order valence-electron chi connectivity index (χ1n) is 10.2. The zero-order chi connectivity index (χ0) is 21.0. The van der Waals surface area contributed by atoms with E-state index in [2.05, 4.69) is 17.2 Å². The topological polar surface area (TPSA) is 67.4 Å². The van der Waals surface area contributed by atoms with Crippen molar-refractivity contribution in [3.8, 4) is 0 Å². The Morgan fingerprint density at radius 2 is 1.96 bits per heavy atom. The number of hydrogen-bond acceptors (Lipinski definition) is 5. The molecule has 162 valence electrons. The van der Waals surface area contributed by atoms with Crippen LogP contribution in [0.2, 0.25) is 0 Å². The standard InChI is InChI=1S/C21H38N2O3S2/c1-6-13-22-19(25)16-21(4,5)26-14-12-20(2,3)23-18(24)10-8-7-9-17-11-15-27-28-17/h6,17H,1,7-16H2,2-5H3,(H,22,25)(H,23,24)/t17-/m1/s1. The highest BCUT2D eigenvalue weighted by Gasteiger charge is 2.25. The maximum absolute atomic E-state index is 12.2. The first kappa shape index (κ1) is 25.4. The Hall–Kier alpha value is -0.660. The van der Waals surface area contributed by atoms with E-state index in [1.165, 1.54) is 18.6 Å². The Bertz CT molecular complexity index is 504. The van der Waals surface area contributed by atoms with Crippen LogP contribution in [0.25, 0.3) is 0 Å². The largest absolute Gasteiger partial charge is 0.375 e. The average molecular weight is 431 g/mol. The Labute approximate surface area is 179 Å². The van der Waals surface area contributed by atoms with Crippen LogP contribution in [0.4, 0.5) is 0 Å². The number of carbonyl (C=O) groups is 2. The van der Waals surface area contributed by atoms with E-state index >= 15 is 0 Å². The molecule has 0 aromatic rings. The molecule has 5 nitrogen and oxygen atoms in total. The summed E-state index contributed by atoms with van der Waals surface area (Å²) in [6, 6.07) is 0. The molecule has 0 unspecified atom stereocenters. The van der Waals surface area contributed by atoms with Crippen molar-refractivity contribution in [3.05, 3.63) is 12.7 Å². The number of rotatable bonds is 14. The fourth-order valence-electron chi connectivity index (χ4n) is 2.99. The van der Waals surface area contributed by atoms with Crippen LogP contribution in [0.15, 0.2) is 12.7 Å². The molecule has 1 atom stereocenters. The number of unbranched alkanes of at least 4 members (excludes halogenated alkanes) is 1. The number of ether oxygens (including phenoxy) is 1. The van der Waals surface area contributed by atoms with Gasteiger partial charge < -0.3 is 15.4 Å². The van der Waals surface area contributed by atoms with Gasteiger partial charge in [0.2, 0.25) is 11.8 Å². The van der Waals surface area contributed by atoms with Crippen molar-refractivity contribution in [1.82, 2.24) is 10.6 Å².